The number of halogens is 1. The zero-order valence-electron chi connectivity index (χ0n) is 16.9. The molecular weight excluding hydrogens is 546 g/mol. The highest BCUT2D eigenvalue weighted by Crippen LogP contribution is 2.29. The molecule has 3 aromatic carbocycles. The van der Waals surface area contributed by atoms with Gasteiger partial charge in [0.25, 0.3) is 11.2 Å². The lowest BCUT2D eigenvalue weighted by Crippen LogP contribution is -2.22. The average molecular weight is 558 g/mol. The van der Waals surface area contributed by atoms with E-state index in [9.17, 15) is 23.3 Å². The van der Waals surface area contributed by atoms with E-state index in [1.54, 1.807) is 22.6 Å². The largest absolute Gasteiger partial charge is 0.378 e. The Balaban J connectivity index is 1.46. The number of non-ortho nitro benzene ring substituents is 1. The first-order chi connectivity index (χ1) is 16.2. The third kappa shape index (κ3) is 3.95. The maximum atomic E-state index is 12.9. The molecule has 9 nitrogen and oxygen atoms in total. The van der Waals surface area contributed by atoms with Gasteiger partial charge in [-0.3, -0.25) is 14.9 Å². The summed E-state index contributed by atoms with van der Waals surface area (Å²) in [5.74, 6) is 0.0322. The van der Waals surface area contributed by atoms with Gasteiger partial charge >= 0.3 is 10.1 Å². The van der Waals surface area contributed by atoms with Gasteiger partial charge in [-0.2, -0.15) is 8.42 Å². The molecule has 34 heavy (non-hydrogen) atoms. The van der Waals surface area contributed by atoms with E-state index >= 15 is 0 Å². The fraction of sp³-hybridized carbons (Fsp3) is 0. The quantitative estimate of drug-likeness (QED) is 0.182. The Morgan fingerprint density at radius 3 is 2.53 bits per heavy atom. The normalized spacial score (nSPS) is 12.4. The van der Waals surface area contributed by atoms with Crippen molar-refractivity contribution in [2.24, 2.45) is 0 Å². The molecule has 0 aliphatic carbocycles. The number of hydrogen-bond acceptors (Lipinski definition) is 8. The van der Waals surface area contributed by atoms with Crippen LogP contribution in [0.1, 0.15) is 5.56 Å². The third-order valence-corrected chi connectivity index (χ3v) is 7.77. The Hall–Kier alpha value is -3.61. The first-order valence-electron chi connectivity index (χ1n) is 9.63. The van der Waals surface area contributed by atoms with Crippen molar-refractivity contribution in [1.29, 1.82) is 0 Å². The number of rotatable bonds is 5. The van der Waals surface area contributed by atoms with E-state index < -0.39 is 15.0 Å². The molecule has 0 unspecified atom stereocenters. The van der Waals surface area contributed by atoms with E-state index in [1.807, 2.05) is 24.3 Å². The molecule has 2 heterocycles. The molecule has 0 amide bonds. The van der Waals surface area contributed by atoms with Crippen LogP contribution in [0.5, 0.6) is 5.75 Å². The highest BCUT2D eigenvalue weighted by molar-refractivity contribution is 9.10. The number of imidazole rings is 1. The number of nitro groups is 1. The molecule has 170 valence electrons. The highest BCUT2D eigenvalue weighted by atomic mass is 79.9. The fourth-order valence-corrected chi connectivity index (χ4v) is 5.86. The number of aromatic nitrogens is 2. The maximum absolute atomic E-state index is 12.9. The molecule has 0 fully saturated rings. The van der Waals surface area contributed by atoms with Crippen molar-refractivity contribution in [3.63, 3.8) is 0 Å². The molecule has 5 rings (SSSR count). The van der Waals surface area contributed by atoms with Gasteiger partial charge in [0.2, 0.25) is 0 Å². The topological polar surface area (TPSA) is 121 Å². The number of thiazole rings is 1. The molecule has 0 aliphatic rings. The molecule has 12 heteroatoms. The van der Waals surface area contributed by atoms with Crippen LogP contribution in [0.4, 0.5) is 5.69 Å². The lowest BCUT2D eigenvalue weighted by Gasteiger charge is -2.09. The van der Waals surface area contributed by atoms with Crippen LogP contribution in [0.3, 0.4) is 0 Å². The second-order valence-corrected chi connectivity index (χ2v) is 10.5. The van der Waals surface area contributed by atoms with E-state index in [0.717, 1.165) is 35.3 Å². The smallest absolute Gasteiger partial charge is 0.339 e. The highest BCUT2D eigenvalue weighted by Gasteiger charge is 2.20. The molecule has 0 atom stereocenters. The van der Waals surface area contributed by atoms with Crippen molar-refractivity contribution in [3.05, 3.63) is 102 Å². The number of nitrogens with zero attached hydrogens (tertiary/aromatic N) is 3. The van der Waals surface area contributed by atoms with Gasteiger partial charge in [-0.25, -0.2) is 9.38 Å². The van der Waals surface area contributed by atoms with Crippen molar-refractivity contribution >= 4 is 65.1 Å². The summed E-state index contributed by atoms with van der Waals surface area (Å²) in [6.45, 7) is 0. The van der Waals surface area contributed by atoms with Gasteiger partial charge in [-0.05, 0) is 64.0 Å². The van der Waals surface area contributed by atoms with Crippen LogP contribution in [0.15, 0.2) is 80.9 Å². The van der Waals surface area contributed by atoms with Crippen LogP contribution >= 0.6 is 27.3 Å². The Morgan fingerprint density at radius 2 is 1.82 bits per heavy atom. The second kappa shape index (κ2) is 8.31. The van der Waals surface area contributed by atoms with E-state index in [0.29, 0.717) is 19.5 Å². The zero-order chi connectivity index (χ0) is 24.0. The summed E-state index contributed by atoms with van der Waals surface area (Å²) in [4.78, 5) is 27.9. The van der Waals surface area contributed by atoms with Gasteiger partial charge in [0, 0.05) is 12.1 Å². The molecule has 0 bridgehead atoms. The van der Waals surface area contributed by atoms with Crippen molar-refractivity contribution < 1.29 is 17.5 Å². The minimum absolute atomic E-state index is 0.0322. The molecule has 0 saturated heterocycles. The molecule has 0 radical (unpaired) electrons. The average Bonchev–Trinajstić information content (AvgIpc) is 3.31. The summed E-state index contributed by atoms with van der Waals surface area (Å²) in [5, 5.41) is 10.8. The zero-order valence-corrected chi connectivity index (χ0v) is 20.1. The van der Waals surface area contributed by atoms with Crippen molar-refractivity contribution in [2.75, 3.05) is 0 Å². The summed E-state index contributed by atoms with van der Waals surface area (Å²) in [7, 11) is -4.21. The summed E-state index contributed by atoms with van der Waals surface area (Å²) < 4.78 is 32.7. The monoisotopic (exact) mass is 557 g/mol. The van der Waals surface area contributed by atoms with Crippen LogP contribution in [-0.2, 0) is 10.1 Å². The lowest BCUT2D eigenvalue weighted by atomic mass is 10.2. The summed E-state index contributed by atoms with van der Waals surface area (Å²) in [5.41, 5.74) is 1.71. The standard InChI is InChI=1S/C22H12BrN3O6S2/c23-16-11-13(12-20-21(27)25-18-4-2-1-3-17(18)24-22(25)33-20)5-10-19(16)32-34(30,31)15-8-6-14(7-9-15)26(28)29/h1-12H/b20-12+. The van der Waals surface area contributed by atoms with Gasteiger partial charge in [-0.15, -0.1) is 0 Å². The van der Waals surface area contributed by atoms with Gasteiger partial charge < -0.3 is 4.18 Å². The molecule has 2 aromatic heterocycles. The van der Waals surface area contributed by atoms with Crippen LogP contribution in [0.25, 0.3) is 22.1 Å². The van der Waals surface area contributed by atoms with Crippen molar-refractivity contribution in [1.82, 2.24) is 9.38 Å². The van der Waals surface area contributed by atoms with E-state index in [4.69, 9.17) is 4.18 Å². The number of benzene rings is 3. The Bertz CT molecular complexity index is 1810. The molecule has 0 aliphatic heterocycles. The van der Waals surface area contributed by atoms with Crippen LogP contribution in [0, 0.1) is 10.1 Å². The van der Waals surface area contributed by atoms with Gasteiger partial charge in [0.1, 0.15) is 4.90 Å². The number of nitro benzene ring substituents is 1. The lowest BCUT2D eigenvalue weighted by molar-refractivity contribution is -0.384. The first kappa shape index (κ1) is 22.2. The Kier molecular flexibility index (Phi) is 5.42. The summed E-state index contributed by atoms with van der Waals surface area (Å²) in [6, 6.07) is 16.5. The number of para-hydroxylation sites is 2. The third-order valence-electron chi connectivity index (χ3n) is 4.93. The van der Waals surface area contributed by atoms with Crippen LogP contribution < -0.4 is 14.3 Å². The summed E-state index contributed by atoms with van der Waals surface area (Å²) >= 11 is 4.56. The minimum atomic E-state index is -4.21. The van der Waals surface area contributed by atoms with E-state index in [2.05, 4.69) is 20.9 Å². The van der Waals surface area contributed by atoms with Gasteiger partial charge in [0.15, 0.2) is 10.7 Å². The Morgan fingerprint density at radius 1 is 1.09 bits per heavy atom. The minimum Gasteiger partial charge on any atom is -0.378 e. The van der Waals surface area contributed by atoms with E-state index in [-0.39, 0.29) is 21.9 Å². The van der Waals surface area contributed by atoms with Gasteiger partial charge in [-0.1, -0.05) is 29.5 Å². The molecular formula is C22H12BrN3O6S2. The van der Waals surface area contributed by atoms with Crippen LogP contribution in [0.2, 0.25) is 0 Å². The fourth-order valence-electron chi connectivity index (χ4n) is 3.34. The van der Waals surface area contributed by atoms with Crippen molar-refractivity contribution in [3.8, 4) is 5.75 Å². The molecule has 5 aromatic rings. The maximum Gasteiger partial charge on any atom is 0.339 e. The summed E-state index contributed by atoms with van der Waals surface area (Å²) in [6.07, 6.45) is 1.69. The molecule has 0 spiro atoms. The number of hydrogen-bond donors (Lipinski definition) is 0. The van der Waals surface area contributed by atoms with E-state index in [1.165, 1.54) is 17.4 Å². The molecule has 0 N–H and O–H groups in total. The predicted molar refractivity (Wildman–Crippen MR) is 131 cm³/mol. The predicted octanol–water partition coefficient (Wildman–Crippen LogP) is 3.90. The van der Waals surface area contributed by atoms with Crippen LogP contribution in [-0.4, -0.2) is 22.7 Å². The van der Waals surface area contributed by atoms with Crippen molar-refractivity contribution in [2.45, 2.75) is 4.90 Å². The Labute approximate surface area is 204 Å². The molecule has 0 saturated carbocycles. The first-order valence-corrected chi connectivity index (χ1v) is 12.6. The number of fused-ring (bicyclic) bond motifs is 3. The van der Waals surface area contributed by atoms with Gasteiger partial charge in [0.05, 0.1) is 25.0 Å². The SMILES string of the molecule is O=c1/c(=C\c2ccc(OS(=O)(=O)c3ccc([N+](=O)[O-])cc3)c(Br)c2)sc2nc3ccccc3n12. The second-order valence-electron chi connectivity index (χ2n) is 7.11.